The molecule has 4 N–H and O–H groups in total. The van der Waals surface area contributed by atoms with Crippen molar-refractivity contribution in [1.29, 1.82) is 0 Å². The summed E-state index contributed by atoms with van der Waals surface area (Å²) in [6.45, 7) is 0. The van der Waals surface area contributed by atoms with Crippen molar-refractivity contribution in [2.45, 2.75) is 9.79 Å². The van der Waals surface area contributed by atoms with Crippen LogP contribution in [-0.4, -0.2) is 53.4 Å². The summed E-state index contributed by atoms with van der Waals surface area (Å²) in [4.78, 5) is 30.7. The van der Waals surface area contributed by atoms with Crippen molar-refractivity contribution in [3.63, 3.8) is 0 Å². The Morgan fingerprint density at radius 2 is 1.40 bits per heavy atom. The van der Waals surface area contributed by atoms with Crippen molar-refractivity contribution >= 4 is 70.1 Å². The van der Waals surface area contributed by atoms with Crippen molar-refractivity contribution in [2.75, 3.05) is 7.05 Å². The standard InChI is InChI=1S/C28H22N4O8S2/c1-31-13-7-12-20(31)27(33)32(2,21-14-16-8-3-4-9-17(16)15-22(21)41(35,36)37)25-19-11-6-5-10-18(19)23-24(30-28(34)29-23)26(25)42(38,39)40/h3-15H,1-2H3,(H3-,29,30,34,35,36,37,38,39,40)/p+1. The number of fused-ring (bicyclic) bond motifs is 4. The van der Waals surface area contributed by atoms with Crippen LogP contribution >= 0.6 is 0 Å². The first-order valence-electron chi connectivity index (χ1n) is 12.4. The minimum Gasteiger partial charge on any atom is -0.343 e. The van der Waals surface area contributed by atoms with Gasteiger partial charge in [-0.25, -0.2) is 9.59 Å². The quantitative estimate of drug-likeness (QED) is 0.167. The van der Waals surface area contributed by atoms with Gasteiger partial charge in [-0.05, 0) is 35.0 Å². The van der Waals surface area contributed by atoms with Gasteiger partial charge in [0.1, 0.15) is 5.69 Å². The fourth-order valence-electron chi connectivity index (χ4n) is 5.61. The van der Waals surface area contributed by atoms with Crippen LogP contribution in [0.3, 0.4) is 0 Å². The number of rotatable bonds is 5. The smallest absolute Gasteiger partial charge is 0.343 e. The highest BCUT2D eigenvalue weighted by Crippen LogP contribution is 2.49. The third-order valence-corrected chi connectivity index (χ3v) is 9.28. The van der Waals surface area contributed by atoms with E-state index in [1.165, 1.54) is 35.9 Å². The van der Waals surface area contributed by atoms with Gasteiger partial charge in [0.15, 0.2) is 21.2 Å². The molecular weight excluding hydrogens is 584 g/mol. The van der Waals surface area contributed by atoms with Crippen LogP contribution in [0.5, 0.6) is 0 Å². The van der Waals surface area contributed by atoms with Gasteiger partial charge in [-0.2, -0.15) is 21.3 Å². The number of aromatic amines is 2. The Balaban J connectivity index is 1.94. The summed E-state index contributed by atoms with van der Waals surface area (Å²) in [5.41, 5.74) is -1.62. The Bertz CT molecular complexity index is 2390. The zero-order chi connectivity index (χ0) is 30.2. The summed E-state index contributed by atoms with van der Waals surface area (Å²) in [6.07, 6.45) is 1.58. The summed E-state index contributed by atoms with van der Waals surface area (Å²) in [6, 6.07) is 18.5. The zero-order valence-corrected chi connectivity index (χ0v) is 23.7. The predicted octanol–water partition coefficient (Wildman–Crippen LogP) is 4.10. The highest BCUT2D eigenvalue weighted by atomic mass is 32.2. The summed E-state index contributed by atoms with van der Waals surface area (Å²) in [7, 11) is -7.37. The van der Waals surface area contributed by atoms with E-state index >= 15 is 0 Å². The number of amides is 1. The van der Waals surface area contributed by atoms with Gasteiger partial charge in [0, 0.05) is 30.1 Å². The number of aryl methyl sites for hydroxylation is 1. The average Bonchev–Trinajstić information content (AvgIpc) is 3.54. The Morgan fingerprint density at radius 3 is 2.00 bits per heavy atom. The minimum atomic E-state index is -5.21. The summed E-state index contributed by atoms with van der Waals surface area (Å²) >= 11 is 0. The molecule has 0 fully saturated rings. The van der Waals surface area contributed by atoms with Crippen molar-refractivity contribution in [1.82, 2.24) is 19.0 Å². The Kier molecular flexibility index (Phi) is 6.04. The number of carbonyl (C=O) groups is 1. The highest BCUT2D eigenvalue weighted by molar-refractivity contribution is 7.86. The number of nitrogens with one attached hydrogen (secondary N) is 2. The minimum absolute atomic E-state index is 0.0540. The molecule has 42 heavy (non-hydrogen) atoms. The van der Waals surface area contributed by atoms with Crippen LogP contribution in [-0.2, 0) is 27.3 Å². The van der Waals surface area contributed by atoms with E-state index in [-0.39, 0.29) is 33.5 Å². The van der Waals surface area contributed by atoms with E-state index in [0.717, 1.165) is 0 Å². The highest BCUT2D eigenvalue weighted by Gasteiger charge is 2.48. The first-order chi connectivity index (χ1) is 19.7. The molecule has 0 radical (unpaired) electrons. The van der Waals surface area contributed by atoms with Crippen molar-refractivity contribution in [2.24, 2.45) is 7.05 Å². The fraction of sp³-hybridized carbons (Fsp3) is 0.0714. The molecule has 0 aliphatic carbocycles. The molecule has 0 saturated heterocycles. The molecule has 1 amide bonds. The van der Waals surface area contributed by atoms with Crippen LogP contribution in [0.4, 0.5) is 11.4 Å². The second-order valence-corrected chi connectivity index (χ2v) is 12.7. The molecule has 14 heteroatoms. The van der Waals surface area contributed by atoms with Crippen LogP contribution in [0.1, 0.15) is 10.5 Å². The second kappa shape index (κ2) is 9.20. The van der Waals surface area contributed by atoms with E-state index in [1.54, 1.807) is 61.8 Å². The SMILES string of the molecule is Cn1cccc1C(=O)[N+](C)(c1cc2ccccc2cc1S(=O)(=O)O)c1c(S(=O)(=O)O)c2[nH]c(=O)[nH]c2c2ccccc12. The monoisotopic (exact) mass is 607 g/mol. The summed E-state index contributed by atoms with van der Waals surface area (Å²) in [5, 5.41) is 1.34. The fourth-order valence-corrected chi connectivity index (χ4v) is 7.34. The zero-order valence-electron chi connectivity index (χ0n) is 22.1. The van der Waals surface area contributed by atoms with Gasteiger partial charge in [0.05, 0.1) is 18.1 Å². The molecule has 214 valence electrons. The lowest BCUT2D eigenvalue weighted by atomic mass is 10.0. The normalized spacial score (nSPS) is 14.0. The van der Waals surface area contributed by atoms with E-state index in [2.05, 4.69) is 9.97 Å². The van der Waals surface area contributed by atoms with Crippen LogP contribution in [0.2, 0.25) is 0 Å². The van der Waals surface area contributed by atoms with Crippen LogP contribution in [0.15, 0.2) is 93.6 Å². The lowest BCUT2D eigenvalue weighted by Crippen LogP contribution is -2.48. The van der Waals surface area contributed by atoms with Gasteiger partial charge in [0.25, 0.3) is 0 Å². The number of H-pyrrole nitrogens is 2. The third kappa shape index (κ3) is 4.07. The van der Waals surface area contributed by atoms with Crippen molar-refractivity contribution in [3.8, 4) is 0 Å². The van der Waals surface area contributed by atoms with Crippen molar-refractivity contribution in [3.05, 3.63) is 95.2 Å². The molecule has 0 bridgehead atoms. The topological polar surface area (TPSA) is 179 Å². The van der Waals surface area contributed by atoms with E-state index in [1.807, 2.05) is 0 Å². The molecule has 4 aromatic carbocycles. The Morgan fingerprint density at radius 1 is 0.810 bits per heavy atom. The molecule has 6 rings (SSSR count). The molecule has 12 nitrogen and oxygen atoms in total. The lowest BCUT2D eigenvalue weighted by molar-refractivity contribution is 0.0849. The largest absolute Gasteiger partial charge is 0.372 e. The van der Waals surface area contributed by atoms with Gasteiger partial charge in [-0.3, -0.25) is 9.11 Å². The van der Waals surface area contributed by atoms with Crippen LogP contribution in [0.25, 0.3) is 32.6 Å². The molecular formula is C28H23N4O8S2+. The number of hydrogen-bond acceptors (Lipinski definition) is 6. The van der Waals surface area contributed by atoms with Crippen LogP contribution < -0.4 is 10.2 Å². The predicted molar refractivity (Wildman–Crippen MR) is 157 cm³/mol. The maximum atomic E-state index is 14.7. The van der Waals surface area contributed by atoms with Crippen molar-refractivity contribution < 1.29 is 30.7 Å². The Labute approximate surface area is 238 Å². The lowest BCUT2D eigenvalue weighted by Gasteiger charge is -2.34. The first kappa shape index (κ1) is 27.6. The van der Waals surface area contributed by atoms with Gasteiger partial charge in [-0.15, -0.1) is 0 Å². The number of aromatic nitrogens is 3. The molecule has 1 unspecified atom stereocenters. The second-order valence-electron chi connectivity index (χ2n) is 9.99. The average molecular weight is 608 g/mol. The van der Waals surface area contributed by atoms with Gasteiger partial charge in [0.2, 0.25) is 0 Å². The van der Waals surface area contributed by atoms with E-state index in [4.69, 9.17) is 0 Å². The van der Waals surface area contributed by atoms with Gasteiger partial charge in [-0.1, -0.05) is 42.5 Å². The Hall–Kier alpha value is -4.60. The number of nitrogens with zero attached hydrogens (tertiary/aromatic N) is 2. The molecule has 0 spiro atoms. The molecule has 0 aliphatic rings. The third-order valence-electron chi connectivity index (χ3n) is 7.48. The van der Waals surface area contributed by atoms with E-state index in [9.17, 15) is 35.5 Å². The van der Waals surface area contributed by atoms with Crippen LogP contribution in [0, 0.1) is 0 Å². The number of carbonyl (C=O) groups excluding carboxylic acids is 1. The number of imidazole rings is 1. The summed E-state index contributed by atoms with van der Waals surface area (Å²) < 4.78 is 73.6. The molecule has 6 aromatic rings. The molecule has 2 aromatic heterocycles. The summed E-state index contributed by atoms with van der Waals surface area (Å²) in [5.74, 6) is -0.796. The number of benzene rings is 4. The maximum absolute atomic E-state index is 14.7. The molecule has 1 atom stereocenters. The molecule has 0 saturated carbocycles. The van der Waals surface area contributed by atoms with Gasteiger partial charge >= 0.3 is 31.8 Å². The van der Waals surface area contributed by atoms with E-state index in [0.29, 0.717) is 16.2 Å². The maximum Gasteiger partial charge on any atom is 0.372 e. The van der Waals surface area contributed by atoms with E-state index < -0.39 is 46.1 Å². The molecule has 2 heterocycles. The van der Waals surface area contributed by atoms with Gasteiger partial charge < -0.3 is 14.5 Å². The number of quaternary nitrogens is 1. The molecule has 0 aliphatic heterocycles. The first-order valence-corrected chi connectivity index (χ1v) is 15.3. The number of hydrogen-bond donors (Lipinski definition) is 4.